The molecule has 2 fully saturated rings. The molecular weight excluding hydrogens is 168 g/mol. The number of esters is 1. The van der Waals surface area contributed by atoms with Gasteiger partial charge in [-0.2, -0.15) is 0 Å². The van der Waals surface area contributed by atoms with Crippen LogP contribution in [0, 0.1) is 0 Å². The van der Waals surface area contributed by atoms with E-state index in [1.807, 2.05) is 6.92 Å². The van der Waals surface area contributed by atoms with Gasteiger partial charge in [0.25, 0.3) is 0 Å². The van der Waals surface area contributed by atoms with Gasteiger partial charge in [-0.15, -0.1) is 0 Å². The molecule has 0 unspecified atom stereocenters. The van der Waals surface area contributed by atoms with Gasteiger partial charge in [0.2, 0.25) is 0 Å². The van der Waals surface area contributed by atoms with Crippen LogP contribution in [-0.4, -0.2) is 24.8 Å². The fourth-order valence-corrected chi connectivity index (χ4v) is 2.01. The van der Waals surface area contributed by atoms with E-state index in [9.17, 15) is 4.79 Å². The van der Waals surface area contributed by atoms with E-state index < -0.39 is 0 Å². The van der Waals surface area contributed by atoms with Crippen molar-refractivity contribution < 1.29 is 14.3 Å². The van der Waals surface area contributed by atoms with Crippen LogP contribution in [0.25, 0.3) is 0 Å². The fraction of sp³-hybridized carbons (Fsp3) is 0.700. The molecular formula is C10H14O3. The Labute approximate surface area is 77.7 Å². The maximum Gasteiger partial charge on any atom is 0.330 e. The molecule has 0 saturated carbocycles. The zero-order valence-corrected chi connectivity index (χ0v) is 7.79. The lowest BCUT2D eigenvalue weighted by Gasteiger charge is -2.08. The summed E-state index contributed by atoms with van der Waals surface area (Å²) >= 11 is 0. The zero-order chi connectivity index (χ0) is 9.26. The van der Waals surface area contributed by atoms with Crippen LogP contribution in [0.5, 0.6) is 0 Å². The highest BCUT2D eigenvalue weighted by molar-refractivity contribution is 5.83. The standard InChI is InChI=1S/C10H14O3/c1-2-12-10(11)6-7-5-8-3-4-9(7)13-8/h6,8-9H,2-5H2,1H3/b7-6+/t8-,9+/m1/s1. The number of rotatable bonds is 2. The average molecular weight is 182 g/mol. The number of fused-ring (bicyclic) bond motifs is 2. The Hall–Kier alpha value is -0.830. The van der Waals surface area contributed by atoms with E-state index in [2.05, 4.69) is 0 Å². The predicted octanol–water partition coefficient (Wildman–Crippen LogP) is 1.43. The molecule has 13 heavy (non-hydrogen) atoms. The van der Waals surface area contributed by atoms with Crippen LogP contribution in [0.15, 0.2) is 11.6 Å². The monoisotopic (exact) mass is 182 g/mol. The summed E-state index contributed by atoms with van der Waals surface area (Å²) < 4.78 is 10.4. The lowest BCUT2D eigenvalue weighted by atomic mass is 9.95. The van der Waals surface area contributed by atoms with Crippen LogP contribution >= 0.6 is 0 Å². The van der Waals surface area contributed by atoms with Crippen molar-refractivity contribution >= 4 is 5.97 Å². The third kappa shape index (κ3) is 1.75. The maximum atomic E-state index is 11.1. The largest absolute Gasteiger partial charge is 0.463 e. The van der Waals surface area contributed by atoms with Gasteiger partial charge < -0.3 is 9.47 Å². The van der Waals surface area contributed by atoms with Gasteiger partial charge in [0.15, 0.2) is 0 Å². The molecule has 2 rings (SSSR count). The van der Waals surface area contributed by atoms with Gasteiger partial charge in [0.1, 0.15) is 0 Å². The van der Waals surface area contributed by atoms with E-state index in [0.29, 0.717) is 12.7 Å². The predicted molar refractivity (Wildman–Crippen MR) is 47.2 cm³/mol. The van der Waals surface area contributed by atoms with Crippen LogP contribution in [0.1, 0.15) is 26.2 Å². The van der Waals surface area contributed by atoms with Gasteiger partial charge >= 0.3 is 5.97 Å². The molecule has 2 atom stereocenters. The van der Waals surface area contributed by atoms with Crippen molar-refractivity contribution in [2.45, 2.75) is 38.4 Å². The van der Waals surface area contributed by atoms with E-state index in [-0.39, 0.29) is 12.1 Å². The first kappa shape index (κ1) is 8.75. The minimum atomic E-state index is -0.228. The van der Waals surface area contributed by atoms with Gasteiger partial charge in [0.05, 0.1) is 18.8 Å². The molecule has 2 bridgehead atoms. The molecule has 72 valence electrons. The van der Waals surface area contributed by atoms with Crippen molar-refractivity contribution in [3.63, 3.8) is 0 Å². The number of ether oxygens (including phenoxy) is 2. The quantitative estimate of drug-likeness (QED) is 0.478. The second-order valence-corrected chi connectivity index (χ2v) is 3.50. The summed E-state index contributed by atoms with van der Waals surface area (Å²) in [7, 11) is 0. The average Bonchev–Trinajstić information content (AvgIpc) is 2.65. The van der Waals surface area contributed by atoms with Crippen LogP contribution in [0.3, 0.4) is 0 Å². The summed E-state index contributed by atoms with van der Waals surface area (Å²) in [6.45, 7) is 2.26. The molecule has 2 aliphatic rings. The summed E-state index contributed by atoms with van der Waals surface area (Å²) in [5.41, 5.74) is 1.12. The Balaban J connectivity index is 1.97. The summed E-state index contributed by atoms with van der Waals surface area (Å²) in [5, 5.41) is 0. The molecule has 2 heterocycles. The topological polar surface area (TPSA) is 35.5 Å². The SMILES string of the molecule is CCOC(=O)/C=C1\C[C@H]2CC[C@@H]1O2. The van der Waals surface area contributed by atoms with Crippen molar-refractivity contribution in [1.82, 2.24) is 0 Å². The molecule has 3 nitrogen and oxygen atoms in total. The smallest absolute Gasteiger partial charge is 0.330 e. The van der Waals surface area contributed by atoms with Crippen LogP contribution in [0.4, 0.5) is 0 Å². The Morgan fingerprint density at radius 3 is 3.08 bits per heavy atom. The molecule has 2 aliphatic heterocycles. The van der Waals surface area contributed by atoms with E-state index in [1.54, 1.807) is 6.08 Å². The molecule has 0 aromatic heterocycles. The third-order valence-corrected chi connectivity index (χ3v) is 2.57. The van der Waals surface area contributed by atoms with Crippen molar-refractivity contribution in [2.75, 3.05) is 6.61 Å². The lowest BCUT2D eigenvalue weighted by Crippen LogP contribution is -2.09. The van der Waals surface area contributed by atoms with Gasteiger partial charge in [-0.3, -0.25) is 0 Å². The van der Waals surface area contributed by atoms with Gasteiger partial charge in [0, 0.05) is 6.08 Å². The van der Waals surface area contributed by atoms with E-state index >= 15 is 0 Å². The Bertz CT molecular complexity index is 245. The number of carbonyl (C=O) groups is 1. The van der Waals surface area contributed by atoms with Crippen molar-refractivity contribution in [3.8, 4) is 0 Å². The highest BCUT2D eigenvalue weighted by Gasteiger charge is 2.36. The molecule has 0 aromatic carbocycles. The van der Waals surface area contributed by atoms with Crippen molar-refractivity contribution in [2.24, 2.45) is 0 Å². The zero-order valence-electron chi connectivity index (χ0n) is 7.79. The number of hydrogen-bond acceptors (Lipinski definition) is 3. The van der Waals surface area contributed by atoms with Gasteiger partial charge in [-0.25, -0.2) is 4.79 Å². The second-order valence-electron chi connectivity index (χ2n) is 3.50. The summed E-state index contributed by atoms with van der Waals surface area (Å²) in [6.07, 6.45) is 5.30. The Morgan fingerprint density at radius 1 is 1.69 bits per heavy atom. The minimum absolute atomic E-state index is 0.203. The lowest BCUT2D eigenvalue weighted by molar-refractivity contribution is -0.137. The minimum Gasteiger partial charge on any atom is -0.463 e. The molecule has 0 radical (unpaired) electrons. The first-order chi connectivity index (χ1) is 6.29. The second kappa shape index (κ2) is 3.50. The van der Waals surface area contributed by atoms with Gasteiger partial charge in [-0.05, 0) is 31.8 Å². The first-order valence-corrected chi connectivity index (χ1v) is 4.82. The summed E-state index contributed by atoms with van der Waals surface area (Å²) in [6, 6.07) is 0. The third-order valence-electron chi connectivity index (χ3n) is 2.57. The number of carbonyl (C=O) groups excluding carboxylic acids is 1. The first-order valence-electron chi connectivity index (χ1n) is 4.82. The van der Waals surface area contributed by atoms with E-state index in [4.69, 9.17) is 9.47 Å². The van der Waals surface area contributed by atoms with Crippen molar-refractivity contribution in [1.29, 1.82) is 0 Å². The van der Waals surface area contributed by atoms with Crippen LogP contribution in [-0.2, 0) is 14.3 Å². The maximum absolute atomic E-state index is 11.1. The Morgan fingerprint density at radius 2 is 2.54 bits per heavy atom. The molecule has 3 heteroatoms. The molecule has 0 spiro atoms. The Kier molecular flexibility index (Phi) is 2.36. The van der Waals surface area contributed by atoms with Gasteiger partial charge in [-0.1, -0.05) is 0 Å². The van der Waals surface area contributed by atoms with Crippen molar-refractivity contribution in [3.05, 3.63) is 11.6 Å². The van der Waals surface area contributed by atoms with Crippen LogP contribution < -0.4 is 0 Å². The molecule has 2 saturated heterocycles. The molecule has 0 aromatic rings. The highest BCUT2D eigenvalue weighted by Crippen LogP contribution is 2.38. The summed E-state index contributed by atoms with van der Waals surface area (Å²) in [5.74, 6) is -0.228. The summed E-state index contributed by atoms with van der Waals surface area (Å²) in [4.78, 5) is 11.1. The normalized spacial score (nSPS) is 34.1. The number of hydrogen-bond donors (Lipinski definition) is 0. The molecule has 0 aliphatic carbocycles. The van der Waals surface area contributed by atoms with Crippen LogP contribution in [0.2, 0.25) is 0 Å². The van der Waals surface area contributed by atoms with E-state index in [0.717, 1.165) is 24.8 Å². The fourth-order valence-electron chi connectivity index (χ4n) is 2.01. The highest BCUT2D eigenvalue weighted by atomic mass is 16.5. The molecule has 0 N–H and O–H groups in total. The molecule has 0 amide bonds. The van der Waals surface area contributed by atoms with E-state index in [1.165, 1.54) is 0 Å².